The number of carbonyl (C=O) groups is 2. The summed E-state index contributed by atoms with van der Waals surface area (Å²) in [6.07, 6.45) is 1.22. The average Bonchev–Trinajstić information content (AvgIpc) is 2.73. The van der Waals surface area contributed by atoms with Gasteiger partial charge >= 0.3 is 0 Å². The van der Waals surface area contributed by atoms with Gasteiger partial charge in [-0.1, -0.05) is 24.3 Å². The monoisotopic (exact) mass is 363 g/mol. The van der Waals surface area contributed by atoms with Crippen LogP contribution in [0.4, 0.5) is 5.69 Å². The van der Waals surface area contributed by atoms with Gasteiger partial charge in [0.2, 0.25) is 5.91 Å². The molecule has 1 heterocycles. The molecule has 2 aromatic carbocycles. The average molecular weight is 363 g/mol. The highest BCUT2D eigenvalue weighted by Gasteiger charge is 2.27. The Morgan fingerprint density at radius 3 is 2.56 bits per heavy atom. The van der Waals surface area contributed by atoms with Gasteiger partial charge in [-0.3, -0.25) is 9.59 Å². The first-order valence-corrected chi connectivity index (χ1v) is 8.92. The van der Waals surface area contributed by atoms with Crippen LogP contribution in [-0.2, 0) is 9.59 Å². The van der Waals surface area contributed by atoms with Crippen molar-refractivity contribution in [2.24, 2.45) is 5.92 Å². The number of para-hydroxylation sites is 1. The zero-order valence-corrected chi connectivity index (χ0v) is 14.9. The van der Waals surface area contributed by atoms with Crippen LogP contribution in [0.25, 0.3) is 0 Å². The molecule has 1 aliphatic heterocycles. The van der Waals surface area contributed by atoms with E-state index < -0.39 is 0 Å². The molecule has 2 aromatic rings. The molecule has 1 saturated heterocycles. The van der Waals surface area contributed by atoms with Crippen molar-refractivity contribution >= 4 is 17.5 Å². The molecule has 0 bridgehead atoms. The minimum absolute atomic E-state index is 0.00181. The van der Waals surface area contributed by atoms with Crippen molar-refractivity contribution in [3.05, 3.63) is 60.2 Å². The predicted octanol–water partition coefficient (Wildman–Crippen LogP) is 2.81. The third kappa shape index (κ3) is 5.08. The fourth-order valence-corrected chi connectivity index (χ4v) is 3.05. The number of nitrogens with one attached hydrogen (secondary N) is 1. The van der Waals surface area contributed by atoms with Crippen LogP contribution in [0.3, 0.4) is 0 Å². The first-order valence-electron chi connectivity index (χ1n) is 8.92. The zero-order chi connectivity index (χ0) is 19.1. The Labute approximate surface area is 158 Å². The number of likely N-dealkylation sites (tertiary alicyclic amines) is 1. The standard InChI is InChI=1S/C21H21N3O3/c22-14-16-5-4-6-18(13-16)23-21(26)17-9-11-24(12-10-17)20(25)15-27-19-7-2-1-3-8-19/h1-8,13,17H,9-12,15H2,(H,23,26). The highest BCUT2D eigenvalue weighted by atomic mass is 16.5. The van der Waals surface area contributed by atoms with E-state index in [1.807, 2.05) is 30.3 Å². The Balaban J connectivity index is 1.45. The smallest absolute Gasteiger partial charge is 0.260 e. The van der Waals surface area contributed by atoms with Crippen molar-refractivity contribution in [2.45, 2.75) is 12.8 Å². The molecule has 27 heavy (non-hydrogen) atoms. The van der Waals surface area contributed by atoms with Gasteiger partial charge in [0.1, 0.15) is 5.75 Å². The SMILES string of the molecule is N#Cc1cccc(NC(=O)C2CCN(C(=O)COc3ccccc3)CC2)c1. The number of ether oxygens (including phenoxy) is 1. The van der Waals surface area contributed by atoms with Gasteiger partial charge in [0.15, 0.2) is 6.61 Å². The van der Waals surface area contributed by atoms with E-state index in [0.717, 1.165) is 0 Å². The summed E-state index contributed by atoms with van der Waals surface area (Å²) in [5.41, 5.74) is 1.13. The Kier molecular flexibility index (Phi) is 6.06. The van der Waals surface area contributed by atoms with E-state index in [1.165, 1.54) is 0 Å². The van der Waals surface area contributed by atoms with Gasteiger partial charge in [0.05, 0.1) is 11.6 Å². The summed E-state index contributed by atoms with van der Waals surface area (Å²) >= 11 is 0. The lowest BCUT2D eigenvalue weighted by molar-refractivity contribution is -0.136. The number of benzene rings is 2. The zero-order valence-electron chi connectivity index (χ0n) is 14.9. The number of piperidine rings is 1. The number of anilines is 1. The molecular weight excluding hydrogens is 342 g/mol. The summed E-state index contributed by atoms with van der Waals surface area (Å²) in [5.74, 6) is 0.381. The van der Waals surface area contributed by atoms with Crippen LogP contribution >= 0.6 is 0 Å². The highest BCUT2D eigenvalue weighted by molar-refractivity contribution is 5.93. The van der Waals surface area contributed by atoms with Crippen LogP contribution < -0.4 is 10.1 Å². The predicted molar refractivity (Wildman–Crippen MR) is 101 cm³/mol. The molecule has 138 valence electrons. The van der Waals surface area contributed by atoms with Gasteiger partial charge in [0, 0.05) is 24.7 Å². The van der Waals surface area contributed by atoms with Crippen LogP contribution in [0.5, 0.6) is 5.75 Å². The van der Waals surface area contributed by atoms with Gasteiger partial charge in [0.25, 0.3) is 5.91 Å². The van der Waals surface area contributed by atoms with Gasteiger partial charge in [-0.05, 0) is 43.2 Å². The largest absolute Gasteiger partial charge is 0.484 e. The molecule has 0 atom stereocenters. The van der Waals surface area contributed by atoms with Gasteiger partial charge < -0.3 is 15.0 Å². The minimum Gasteiger partial charge on any atom is -0.484 e. The van der Waals surface area contributed by atoms with Crippen molar-refractivity contribution in [3.63, 3.8) is 0 Å². The number of carbonyl (C=O) groups excluding carboxylic acids is 2. The van der Waals surface area contributed by atoms with Crippen LogP contribution in [0.2, 0.25) is 0 Å². The Morgan fingerprint density at radius 1 is 1.11 bits per heavy atom. The molecule has 3 rings (SSSR count). The summed E-state index contributed by atoms with van der Waals surface area (Å²) in [7, 11) is 0. The molecule has 0 unspecified atom stereocenters. The lowest BCUT2D eigenvalue weighted by Crippen LogP contribution is -2.43. The highest BCUT2D eigenvalue weighted by Crippen LogP contribution is 2.20. The first-order chi connectivity index (χ1) is 13.2. The number of nitrogens with zero attached hydrogens (tertiary/aromatic N) is 2. The van der Waals surface area contributed by atoms with Crippen LogP contribution in [-0.4, -0.2) is 36.4 Å². The lowest BCUT2D eigenvalue weighted by Gasteiger charge is -2.31. The Morgan fingerprint density at radius 2 is 1.85 bits per heavy atom. The van der Waals surface area contributed by atoms with Crippen LogP contribution in [0.15, 0.2) is 54.6 Å². The fourth-order valence-electron chi connectivity index (χ4n) is 3.05. The third-order valence-corrected chi connectivity index (χ3v) is 4.58. The van der Waals surface area contributed by atoms with E-state index in [9.17, 15) is 9.59 Å². The van der Waals surface area contributed by atoms with E-state index >= 15 is 0 Å². The second kappa shape index (κ2) is 8.86. The summed E-state index contributed by atoms with van der Waals surface area (Å²) in [5, 5.41) is 11.8. The maximum Gasteiger partial charge on any atom is 0.260 e. The topological polar surface area (TPSA) is 82.4 Å². The number of hydrogen-bond donors (Lipinski definition) is 1. The molecule has 1 aliphatic rings. The molecule has 0 radical (unpaired) electrons. The van der Waals surface area contributed by atoms with Crippen molar-refractivity contribution in [1.82, 2.24) is 4.90 Å². The fraction of sp³-hybridized carbons (Fsp3) is 0.286. The number of amides is 2. The van der Waals surface area contributed by atoms with Crippen molar-refractivity contribution in [3.8, 4) is 11.8 Å². The first kappa shape index (κ1) is 18.5. The summed E-state index contributed by atoms with van der Waals surface area (Å²) in [6.45, 7) is 1.07. The molecule has 2 amide bonds. The van der Waals surface area contributed by atoms with Gasteiger partial charge in [-0.15, -0.1) is 0 Å². The third-order valence-electron chi connectivity index (χ3n) is 4.58. The van der Waals surface area contributed by atoms with Crippen molar-refractivity contribution in [2.75, 3.05) is 25.0 Å². The quantitative estimate of drug-likeness (QED) is 0.885. The molecule has 1 fully saturated rings. The summed E-state index contributed by atoms with van der Waals surface area (Å²) in [4.78, 5) is 26.5. The minimum atomic E-state index is -0.144. The van der Waals surface area contributed by atoms with E-state index in [0.29, 0.717) is 42.9 Å². The summed E-state index contributed by atoms with van der Waals surface area (Å²) < 4.78 is 5.50. The van der Waals surface area contributed by atoms with E-state index in [4.69, 9.17) is 10.00 Å². The number of hydrogen-bond acceptors (Lipinski definition) is 4. The molecule has 0 spiro atoms. The Hall–Kier alpha value is -3.33. The maximum absolute atomic E-state index is 12.4. The summed E-state index contributed by atoms with van der Waals surface area (Å²) in [6, 6.07) is 18.1. The van der Waals surface area contributed by atoms with Gasteiger partial charge in [-0.2, -0.15) is 5.26 Å². The van der Waals surface area contributed by atoms with E-state index in [2.05, 4.69) is 11.4 Å². The number of nitriles is 1. The van der Waals surface area contributed by atoms with Crippen molar-refractivity contribution in [1.29, 1.82) is 5.26 Å². The molecule has 1 N–H and O–H groups in total. The Bertz CT molecular complexity index is 837. The molecule has 6 heteroatoms. The molecule has 0 aliphatic carbocycles. The molecule has 0 aromatic heterocycles. The van der Waals surface area contributed by atoms with Gasteiger partial charge in [-0.25, -0.2) is 0 Å². The van der Waals surface area contributed by atoms with Crippen molar-refractivity contribution < 1.29 is 14.3 Å². The number of rotatable bonds is 5. The lowest BCUT2D eigenvalue weighted by atomic mass is 9.95. The molecular formula is C21H21N3O3. The van der Waals surface area contributed by atoms with Crippen LogP contribution in [0.1, 0.15) is 18.4 Å². The second-order valence-corrected chi connectivity index (χ2v) is 6.44. The second-order valence-electron chi connectivity index (χ2n) is 6.44. The van der Waals surface area contributed by atoms with Crippen LogP contribution in [0, 0.1) is 17.2 Å². The normalized spacial score (nSPS) is 14.3. The molecule has 6 nitrogen and oxygen atoms in total. The van der Waals surface area contributed by atoms with E-state index in [-0.39, 0.29) is 24.3 Å². The molecule has 0 saturated carbocycles. The van der Waals surface area contributed by atoms with E-state index in [1.54, 1.807) is 29.2 Å². The maximum atomic E-state index is 12.4.